The Labute approximate surface area is 146 Å². The summed E-state index contributed by atoms with van der Waals surface area (Å²) in [5.41, 5.74) is 1.63. The van der Waals surface area contributed by atoms with Gasteiger partial charge in [-0.25, -0.2) is 0 Å². The zero-order chi connectivity index (χ0) is 17.3. The van der Waals surface area contributed by atoms with E-state index in [4.69, 9.17) is 11.6 Å². The highest BCUT2D eigenvalue weighted by Crippen LogP contribution is 2.28. The van der Waals surface area contributed by atoms with E-state index in [9.17, 15) is 4.79 Å². The van der Waals surface area contributed by atoms with Crippen LogP contribution in [0.3, 0.4) is 0 Å². The number of piperidine rings is 1. The summed E-state index contributed by atoms with van der Waals surface area (Å²) in [6.07, 6.45) is 1.74. The number of hydrogen-bond acceptors (Lipinski definition) is 4. The molecule has 2 heterocycles. The van der Waals surface area contributed by atoms with E-state index in [-0.39, 0.29) is 5.91 Å². The van der Waals surface area contributed by atoms with Crippen LogP contribution in [0.4, 0.5) is 5.95 Å². The molecule has 1 amide bonds. The number of aromatic nitrogens is 3. The van der Waals surface area contributed by atoms with E-state index in [1.54, 1.807) is 0 Å². The second-order valence-corrected chi connectivity index (χ2v) is 6.87. The topological polar surface area (TPSA) is 65.1 Å². The Morgan fingerprint density at radius 3 is 2.62 bits per heavy atom. The highest BCUT2D eigenvalue weighted by Gasteiger charge is 2.27. The normalized spacial score (nSPS) is 15.6. The number of benzene rings is 1. The zero-order valence-corrected chi connectivity index (χ0v) is 15.0. The molecule has 7 heteroatoms. The molecule has 1 aromatic heterocycles. The predicted octanol–water partition coefficient (Wildman–Crippen LogP) is 2.85. The largest absolute Gasteiger partial charge is 0.346 e. The molecule has 0 saturated carbocycles. The molecule has 1 aliphatic rings. The Kier molecular flexibility index (Phi) is 4.76. The minimum absolute atomic E-state index is 0.00463. The van der Waals surface area contributed by atoms with E-state index in [0.717, 1.165) is 24.2 Å². The Hall–Kier alpha value is -2.08. The number of halogens is 1. The minimum atomic E-state index is 0.00463. The first kappa shape index (κ1) is 16.8. The molecule has 0 aliphatic carbocycles. The molecule has 0 spiro atoms. The maximum Gasteiger partial charge on any atom is 0.255 e. The van der Waals surface area contributed by atoms with Gasteiger partial charge in [-0.3, -0.25) is 9.89 Å². The van der Waals surface area contributed by atoms with Crippen molar-refractivity contribution in [2.24, 2.45) is 0 Å². The number of carbonyl (C=O) groups excluding carboxylic acids is 1. The molecular weight excluding hydrogens is 326 g/mol. The van der Waals surface area contributed by atoms with Crippen molar-refractivity contribution in [2.45, 2.75) is 25.7 Å². The van der Waals surface area contributed by atoms with Crippen LogP contribution < -0.4 is 4.90 Å². The SMILES string of the molecule is Cc1ccc(C(=O)N2CCC(c3nc(N(C)C)n[nH]3)CC2)c(Cl)c1. The Balaban J connectivity index is 1.64. The molecule has 128 valence electrons. The predicted molar refractivity (Wildman–Crippen MR) is 94.8 cm³/mol. The van der Waals surface area contributed by atoms with Gasteiger partial charge < -0.3 is 9.80 Å². The van der Waals surface area contributed by atoms with Crippen LogP contribution in [0, 0.1) is 6.92 Å². The van der Waals surface area contributed by atoms with Crippen LogP contribution in [-0.2, 0) is 0 Å². The smallest absolute Gasteiger partial charge is 0.255 e. The number of likely N-dealkylation sites (tertiary alicyclic amines) is 1. The standard InChI is InChI=1S/C17H22ClN5O/c1-11-4-5-13(14(18)10-11)16(24)23-8-6-12(7-9-23)15-19-17(21-20-15)22(2)3/h4-5,10,12H,6-9H2,1-3H3,(H,19,20,21). The average molecular weight is 348 g/mol. The Morgan fingerprint density at radius 2 is 2.04 bits per heavy atom. The lowest BCUT2D eigenvalue weighted by Crippen LogP contribution is -2.38. The first-order valence-electron chi connectivity index (χ1n) is 8.10. The molecule has 1 aliphatic heterocycles. The van der Waals surface area contributed by atoms with E-state index in [0.29, 0.717) is 35.5 Å². The number of carbonyl (C=O) groups is 1. The number of nitrogens with zero attached hydrogens (tertiary/aromatic N) is 4. The van der Waals surface area contributed by atoms with Gasteiger partial charge in [-0.05, 0) is 37.5 Å². The van der Waals surface area contributed by atoms with Crippen molar-refractivity contribution in [1.82, 2.24) is 20.1 Å². The summed E-state index contributed by atoms with van der Waals surface area (Å²) in [5.74, 6) is 1.91. The van der Waals surface area contributed by atoms with Crippen molar-refractivity contribution in [1.29, 1.82) is 0 Å². The third-order valence-corrected chi connectivity index (χ3v) is 4.73. The first-order valence-corrected chi connectivity index (χ1v) is 8.48. The maximum absolute atomic E-state index is 12.7. The fourth-order valence-electron chi connectivity index (χ4n) is 2.97. The summed E-state index contributed by atoms with van der Waals surface area (Å²) >= 11 is 6.23. The second kappa shape index (κ2) is 6.81. The first-order chi connectivity index (χ1) is 11.5. The van der Waals surface area contributed by atoms with Gasteiger partial charge in [0, 0.05) is 33.1 Å². The molecule has 1 fully saturated rings. The Bertz CT molecular complexity index is 734. The molecule has 1 N–H and O–H groups in total. The summed E-state index contributed by atoms with van der Waals surface area (Å²) < 4.78 is 0. The fourth-order valence-corrected chi connectivity index (χ4v) is 3.28. The monoisotopic (exact) mass is 347 g/mol. The molecular formula is C17H22ClN5O. The van der Waals surface area contributed by atoms with E-state index in [1.807, 2.05) is 49.0 Å². The van der Waals surface area contributed by atoms with Crippen molar-refractivity contribution in [3.05, 3.63) is 40.2 Å². The van der Waals surface area contributed by atoms with E-state index >= 15 is 0 Å². The van der Waals surface area contributed by atoms with Crippen molar-refractivity contribution >= 4 is 23.5 Å². The van der Waals surface area contributed by atoms with Gasteiger partial charge in [0.2, 0.25) is 5.95 Å². The lowest BCUT2D eigenvalue weighted by Gasteiger charge is -2.31. The number of aryl methyl sites for hydroxylation is 1. The number of hydrogen-bond donors (Lipinski definition) is 1. The summed E-state index contributed by atoms with van der Waals surface area (Å²) in [7, 11) is 3.83. The van der Waals surface area contributed by atoms with E-state index in [1.165, 1.54) is 0 Å². The molecule has 0 radical (unpaired) electrons. The number of nitrogens with one attached hydrogen (secondary N) is 1. The van der Waals surface area contributed by atoms with Crippen LogP contribution in [0.1, 0.15) is 40.5 Å². The molecule has 0 bridgehead atoms. The number of rotatable bonds is 3. The van der Waals surface area contributed by atoms with Gasteiger partial charge in [-0.2, -0.15) is 4.98 Å². The van der Waals surface area contributed by atoms with E-state index < -0.39 is 0 Å². The highest BCUT2D eigenvalue weighted by molar-refractivity contribution is 6.33. The van der Waals surface area contributed by atoms with Gasteiger partial charge in [0.15, 0.2) is 0 Å². The summed E-state index contributed by atoms with van der Waals surface area (Å²) in [6, 6.07) is 5.56. The van der Waals surface area contributed by atoms with Gasteiger partial charge >= 0.3 is 0 Å². The lowest BCUT2D eigenvalue weighted by molar-refractivity contribution is 0.0711. The molecule has 1 aromatic carbocycles. The summed E-state index contributed by atoms with van der Waals surface area (Å²) in [5, 5.41) is 7.75. The van der Waals surface area contributed by atoms with Crippen molar-refractivity contribution in [2.75, 3.05) is 32.1 Å². The number of anilines is 1. The molecule has 0 unspecified atom stereocenters. The zero-order valence-electron chi connectivity index (χ0n) is 14.2. The summed E-state index contributed by atoms with van der Waals surface area (Å²) in [4.78, 5) is 20.9. The molecule has 1 saturated heterocycles. The average Bonchev–Trinajstić information content (AvgIpc) is 3.05. The highest BCUT2D eigenvalue weighted by atomic mass is 35.5. The molecule has 24 heavy (non-hydrogen) atoms. The van der Waals surface area contributed by atoms with Crippen LogP contribution in [0.15, 0.2) is 18.2 Å². The third kappa shape index (κ3) is 3.38. The third-order valence-electron chi connectivity index (χ3n) is 4.41. The van der Waals surface area contributed by atoms with Crippen molar-refractivity contribution in [3.63, 3.8) is 0 Å². The second-order valence-electron chi connectivity index (χ2n) is 6.46. The van der Waals surface area contributed by atoms with Gasteiger partial charge in [-0.15, -0.1) is 5.10 Å². The van der Waals surface area contributed by atoms with Crippen LogP contribution >= 0.6 is 11.6 Å². The van der Waals surface area contributed by atoms with Gasteiger partial charge in [0.05, 0.1) is 10.6 Å². The van der Waals surface area contributed by atoms with Gasteiger partial charge in [0.25, 0.3) is 5.91 Å². The maximum atomic E-state index is 12.7. The Morgan fingerprint density at radius 1 is 1.33 bits per heavy atom. The van der Waals surface area contributed by atoms with Gasteiger partial charge in [0.1, 0.15) is 5.82 Å². The number of H-pyrrole nitrogens is 1. The molecule has 6 nitrogen and oxygen atoms in total. The van der Waals surface area contributed by atoms with Crippen LogP contribution in [0.2, 0.25) is 5.02 Å². The molecule has 0 atom stereocenters. The van der Waals surface area contributed by atoms with Crippen LogP contribution in [0.25, 0.3) is 0 Å². The molecule has 2 aromatic rings. The fraction of sp³-hybridized carbons (Fsp3) is 0.471. The number of amides is 1. The van der Waals surface area contributed by atoms with Crippen LogP contribution in [0.5, 0.6) is 0 Å². The molecule has 3 rings (SSSR count). The van der Waals surface area contributed by atoms with Gasteiger partial charge in [-0.1, -0.05) is 17.7 Å². The van der Waals surface area contributed by atoms with Crippen LogP contribution in [-0.4, -0.2) is 53.2 Å². The number of aromatic amines is 1. The quantitative estimate of drug-likeness (QED) is 0.927. The van der Waals surface area contributed by atoms with Crippen molar-refractivity contribution in [3.8, 4) is 0 Å². The lowest BCUT2D eigenvalue weighted by atomic mass is 9.95. The van der Waals surface area contributed by atoms with Crippen molar-refractivity contribution < 1.29 is 4.79 Å². The minimum Gasteiger partial charge on any atom is -0.346 e. The van der Waals surface area contributed by atoms with E-state index in [2.05, 4.69) is 15.2 Å². The summed E-state index contributed by atoms with van der Waals surface area (Å²) in [6.45, 7) is 3.36.